The molecular weight excluding hydrogens is 264 g/mol. The van der Waals surface area contributed by atoms with Crippen LogP contribution in [0.1, 0.15) is 10.4 Å². The topological polar surface area (TPSA) is 59.3 Å². The molecule has 0 radical (unpaired) electrons. The van der Waals surface area contributed by atoms with E-state index in [1.165, 1.54) is 6.20 Å². The Morgan fingerprint density at radius 1 is 1.26 bits per heavy atom. The average Bonchev–Trinajstić information content (AvgIpc) is 2.89. The first kappa shape index (κ1) is 11.7. The van der Waals surface area contributed by atoms with Crippen molar-refractivity contribution in [1.82, 2.24) is 14.6 Å². The van der Waals surface area contributed by atoms with Crippen LogP contribution in [0.2, 0.25) is 5.15 Å². The molecule has 94 valence electrons. The van der Waals surface area contributed by atoms with E-state index in [0.29, 0.717) is 16.4 Å². The van der Waals surface area contributed by atoms with Crippen molar-refractivity contribution in [2.75, 3.05) is 5.32 Å². The van der Waals surface area contributed by atoms with Gasteiger partial charge in [0, 0.05) is 6.20 Å². The van der Waals surface area contributed by atoms with E-state index in [9.17, 15) is 4.79 Å². The Labute approximate surface area is 113 Å². The van der Waals surface area contributed by atoms with Gasteiger partial charge in [-0.3, -0.25) is 4.79 Å². The summed E-state index contributed by atoms with van der Waals surface area (Å²) in [6.45, 7) is 0. The molecule has 3 rings (SSSR count). The third-order valence-electron chi connectivity index (χ3n) is 2.67. The van der Waals surface area contributed by atoms with E-state index in [-0.39, 0.29) is 5.91 Å². The molecule has 5 nitrogen and oxygen atoms in total. The number of hydrogen-bond acceptors (Lipinski definition) is 3. The molecule has 6 heteroatoms. The Morgan fingerprint density at radius 3 is 2.95 bits per heavy atom. The monoisotopic (exact) mass is 272 g/mol. The van der Waals surface area contributed by atoms with Gasteiger partial charge in [0.1, 0.15) is 5.15 Å². The first-order valence-electron chi connectivity index (χ1n) is 5.59. The van der Waals surface area contributed by atoms with Gasteiger partial charge in [0.15, 0.2) is 0 Å². The molecule has 0 atom stereocenters. The van der Waals surface area contributed by atoms with Crippen LogP contribution in [0.3, 0.4) is 0 Å². The summed E-state index contributed by atoms with van der Waals surface area (Å²) >= 11 is 5.69. The van der Waals surface area contributed by atoms with Gasteiger partial charge in [0.05, 0.1) is 29.2 Å². The number of amides is 1. The van der Waals surface area contributed by atoms with E-state index < -0.39 is 0 Å². The minimum atomic E-state index is -0.213. The summed E-state index contributed by atoms with van der Waals surface area (Å²) in [6.07, 6.45) is 4.95. The largest absolute Gasteiger partial charge is 0.321 e. The number of rotatable bonds is 2. The highest BCUT2D eigenvalue weighted by Gasteiger charge is 2.10. The molecule has 0 aliphatic rings. The number of carbonyl (C=O) groups excluding carboxylic acids is 1. The van der Waals surface area contributed by atoms with Crippen molar-refractivity contribution in [3.8, 4) is 0 Å². The first-order chi connectivity index (χ1) is 9.24. The van der Waals surface area contributed by atoms with Crippen LogP contribution in [0.5, 0.6) is 0 Å². The number of nitrogens with one attached hydrogen (secondary N) is 1. The van der Waals surface area contributed by atoms with Crippen LogP contribution in [-0.4, -0.2) is 20.5 Å². The van der Waals surface area contributed by atoms with Crippen molar-refractivity contribution in [3.05, 3.63) is 59.6 Å². The minimum Gasteiger partial charge on any atom is -0.321 e. The maximum atomic E-state index is 12.2. The Kier molecular flexibility index (Phi) is 2.89. The molecule has 0 unspecified atom stereocenters. The molecule has 0 spiro atoms. The van der Waals surface area contributed by atoms with Crippen molar-refractivity contribution < 1.29 is 4.79 Å². The van der Waals surface area contributed by atoms with Gasteiger partial charge in [-0.25, -0.2) is 9.50 Å². The molecule has 0 saturated heterocycles. The number of halogens is 1. The first-order valence-corrected chi connectivity index (χ1v) is 5.97. The van der Waals surface area contributed by atoms with Gasteiger partial charge in [-0.05, 0) is 30.3 Å². The molecule has 0 aliphatic carbocycles. The van der Waals surface area contributed by atoms with Crippen molar-refractivity contribution in [1.29, 1.82) is 0 Å². The highest BCUT2D eigenvalue weighted by atomic mass is 35.5. The van der Waals surface area contributed by atoms with Crippen LogP contribution in [0.15, 0.2) is 48.9 Å². The second kappa shape index (κ2) is 4.70. The molecule has 19 heavy (non-hydrogen) atoms. The fourth-order valence-electron chi connectivity index (χ4n) is 1.79. The van der Waals surface area contributed by atoms with E-state index in [0.717, 1.165) is 5.52 Å². The fourth-order valence-corrected chi connectivity index (χ4v) is 1.90. The highest BCUT2D eigenvalue weighted by Crippen LogP contribution is 2.14. The zero-order chi connectivity index (χ0) is 13.2. The molecule has 0 aliphatic heterocycles. The molecule has 0 saturated carbocycles. The Bertz CT molecular complexity index is 736. The molecular formula is C13H9ClN4O. The predicted octanol–water partition coefficient (Wildman–Crippen LogP) is 2.64. The maximum Gasteiger partial charge on any atom is 0.257 e. The highest BCUT2D eigenvalue weighted by molar-refractivity contribution is 6.29. The van der Waals surface area contributed by atoms with Crippen molar-refractivity contribution >= 4 is 28.7 Å². The lowest BCUT2D eigenvalue weighted by Crippen LogP contribution is -2.13. The van der Waals surface area contributed by atoms with Gasteiger partial charge >= 0.3 is 0 Å². The normalized spacial score (nSPS) is 10.6. The van der Waals surface area contributed by atoms with Crippen LogP contribution in [0.4, 0.5) is 5.69 Å². The number of fused-ring (bicyclic) bond motifs is 1. The van der Waals surface area contributed by atoms with E-state index in [1.54, 1.807) is 47.2 Å². The average molecular weight is 273 g/mol. The summed E-state index contributed by atoms with van der Waals surface area (Å²) in [4.78, 5) is 16.1. The number of aromatic nitrogens is 3. The van der Waals surface area contributed by atoms with Gasteiger partial charge in [0.2, 0.25) is 0 Å². The maximum absolute atomic E-state index is 12.2. The SMILES string of the molecule is O=C(Nc1ccc(Cl)nc1)c1cccn2nccc12. The quantitative estimate of drug-likeness (QED) is 0.730. The number of pyridine rings is 2. The van der Waals surface area contributed by atoms with Crippen molar-refractivity contribution in [2.45, 2.75) is 0 Å². The lowest BCUT2D eigenvalue weighted by atomic mass is 10.2. The zero-order valence-corrected chi connectivity index (χ0v) is 10.5. The van der Waals surface area contributed by atoms with E-state index in [4.69, 9.17) is 11.6 Å². The molecule has 0 fully saturated rings. The second-order valence-electron chi connectivity index (χ2n) is 3.91. The molecule has 0 bridgehead atoms. The van der Waals surface area contributed by atoms with Crippen molar-refractivity contribution in [2.24, 2.45) is 0 Å². The van der Waals surface area contributed by atoms with Crippen LogP contribution < -0.4 is 5.32 Å². The zero-order valence-electron chi connectivity index (χ0n) is 9.75. The summed E-state index contributed by atoms with van der Waals surface area (Å²) in [5.41, 5.74) is 1.90. The van der Waals surface area contributed by atoms with Gasteiger partial charge < -0.3 is 5.32 Å². The molecule has 3 aromatic rings. The van der Waals surface area contributed by atoms with Crippen LogP contribution in [0, 0.1) is 0 Å². The Balaban J connectivity index is 1.92. The molecule has 0 aromatic carbocycles. The smallest absolute Gasteiger partial charge is 0.257 e. The molecule has 1 amide bonds. The number of carbonyl (C=O) groups is 1. The Morgan fingerprint density at radius 2 is 2.16 bits per heavy atom. The van der Waals surface area contributed by atoms with E-state index in [1.807, 2.05) is 0 Å². The van der Waals surface area contributed by atoms with Crippen LogP contribution in [-0.2, 0) is 0 Å². The summed E-state index contributed by atoms with van der Waals surface area (Å²) < 4.78 is 1.65. The number of anilines is 1. The summed E-state index contributed by atoms with van der Waals surface area (Å²) in [5.74, 6) is -0.213. The van der Waals surface area contributed by atoms with Crippen LogP contribution >= 0.6 is 11.6 Å². The number of hydrogen-bond donors (Lipinski definition) is 1. The van der Waals surface area contributed by atoms with Crippen molar-refractivity contribution in [3.63, 3.8) is 0 Å². The lowest BCUT2D eigenvalue weighted by molar-refractivity contribution is 0.102. The molecule has 1 N–H and O–H groups in total. The van der Waals surface area contributed by atoms with E-state index >= 15 is 0 Å². The van der Waals surface area contributed by atoms with Gasteiger partial charge in [-0.1, -0.05) is 11.6 Å². The third-order valence-corrected chi connectivity index (χ3v) is 2.89. The van der Waals surface area contributed by atoms with E-state index in [2.05, 4.69) is 15.4 Å². The minimum absolute atomic E-state index is 0.213. The summed E-state index contributed by atoms with van der Waals surface area (Å²) in [5, 5.41) is 7.24. The van der Waals surface area contributed by atoms with Gasteiger partial charge in [0.25, 0.3) is 5.91 Å². The van der Waals surface area contributed by atoms with Gasteiger partial charge in [-0.15, -0.1) is 0 Å². The number of nitrogens with zero attached hydrogens (tertiary/aromatic N) is 3. The molecule has 3 heterocycles. The lowest BCUT2D eigenvalue weighted by Gasteiger charge is -2.06. The summed E-state index contributed by atoms with van der Waals surface area (Å²) in [6, 6.07) is 8.63. The second-order valence-corrected chi connectivity index (χ2v) is 4.29. The standard InChI is InChI=1S/C13H9ClN4O/c14-12-4-3-9(8-15-12)17-13(19)10-2-1-7-18-11(10)5-6-16-18/h1-8H,(H,17,19). The summed E-state index contributed by atoms with van der Waals surface area (Å²) in [7, 11) is 0. The van der Waals surface area contributed by atoms with Gasteiger partial charge in [-0.2, -0.15) is 5.10 Å². The third kappa shape index (κ3) is 2.28. The fraction of sp³-hybridized carbons (Fsp3) is 0. The van der Waals surface area contributed by atoms with Crippen LogP contribution in [0.25, 0.3) is 5.52 Å². The molecule has 3 aromatic heterocycles. The predicted molar refractivity (Wildman–Crippen MR) is 72.4 cm³/mol. The Hall–Kier alpha value is -2.40.